The van der Waals surface area contributed by atoms with E-state index >= 15 is 0 Å². The molecule has 0 aromatic heterocycles. The van der Waals surface area contributed by atoms with Gasteiger partial charge in [0.25, 0.3) is 5.91 Å². The number of thiocarbonyl (C=S) groups is 1. The van der Waals surface area contributed by atoms with E-state index in [1.807, 2.05) is 74.5 Å². The summed E-state index contributed by atoms with van der Waals surface area (Å²) in [4.78, 5) is 12.4. The van der Waals surface area contributed by atoms with Gasteiger partial charge in [0.1, 0.15) is 0 Å². The minimum absolute atomic E-state index is 0.229. The Morgan fingerprint density at radius 3 is 2.19 bits per heavy atom. The van der Waals surface area contributed by atoms with Crippen LogP contribution in [0, 0.1) is 13.8 Å². The smallest absolute Gasteiger partial charge is 0.257 e. The molecule has 0 saturated carbocycles. The molecule has 130 valence electrons. The predicted octanol–water partition coefficient (Wildman–Crippen LogP) is 5.10. The number of amides is 1. The minimum atomic E-state index is -0.229. The van der Waals surface area contributed by atoms with E-state index in [1.165, 1.54) is 0 Å². The maximum absolute atomic E-state index is 12.4. The third-order valence-corrected chi connectivity index (χ3v) is 4.33. The van der Waals surface area contributed by atoms with Gasteiger partial charge in [0.05, 0.1) is 0 Å². The zero-order valence-electron chi connectivity index (χ0n) is 14.7. The van der Waals surface area contributed by atoms with Gasteiger partial charge in [0.2, 0.25) is 0 Å². The molecule has 3 aromatic carbocycles. The summed E-state index contributed by atoms with van der Waals surface area (Å²) in [7, 11) is 0. The van der Waals surface area contributed by atoms with Gasteiger partial charge in [0.15, 0.2) is 5.11 Å². The monoisotopic (exact) mass is 360 g/mol. The second kappa shape index (κ2) is 7.93. The van der Waals surface area contributed by atoms with E-state index in [4.69, 9.17) is 12.2 Å². The molecule has 3 rings (SSSR count). The molecule has 26 heavy (non-hydrogen) atoms. The number of nitrogens with one attached hydrogen (secondary N) is 2. The fourth-order valence-electron chi connectivity index (χ4n) is 2.64. The zero-order chi connectivity index (χ0) is 18.5. The SMILES string of the molecule is Cc1ccc(C)c(NC(=S)NC(=O)c2ccc(-c3ccccc3)cc2)c1. The van der Waals surface area contributed by atoms with Crippen LogP contribution in [0.2, 0.25) is 0 Å². The molecule has 3 nitrogen and oxygen atoms in total. The average Bonchev–Trinajstić information content (AvgIpc) is 2.65. The van der Waals surface area contributed by atoms with Gasteiger partial charge in [-0.15, -0.1) is 0 Å². The third-order valence-electron chi connectivity index (χ3n) is 4.12. The fraction of sp³-hybridized carbons (Fsp3) is 0.0909. The highest BCUT2D eigenvalue weighted by molar-refractivity contribution is 7.80. The highest BCUT2D eigenvalue weighted by Crippen LogP contribution is 2.19. The normalized spacial score (nSPS) is 10.2. The van der Waals surface area contributed by atoms with Crippen LogP contribution in [0.15, 0.2) is 72.8 Å². The van der Waals surface area contributed by atoms with Gasteiger partial charge in [-0.25, -0.2) is 0 Å². The van der Waals surface area contributed by atoms with Crippen molar-refractivity contribution in [1.82, 2.24) is 5.32 Å². The topological polar surface area (TPSA) is 41.1 Å². The molecule has 0 aliphatic rings. The first-order valence-corrected chi connectivity index (χ1v) is 8.79. The van der Waals surface area contributed by atoms with E-state index in [9.17, 15) is 4.79 Å². The van der Waals surface area contributed by atoms with Crippen LogP contribution in [0.1, 0.15) is 21.5 Å². The van der Waals surface area contributed by atoms with Crippen molar-refractivity contribution in [3.8, 4) is 11.1 Å². The van der Waals surface area contributed by atoms with Crippen molar-refractivity contribution in [2.24, 2.45) is 0 Å². The van der Waals surface area contributed by atoms with E-state index < -0.39 is 0 Å². The number of hydrogen-bond acceptors (Lipinski definition) is 2. The van der Waals surface area contributed by atoms with Gasteiger partial charge in [-0.1, -0.05) is 54.6 Å². The summed E-state index contributed by atoms with van der Waals surface area (Å²) < 4.78 is 0. The quantitative estimate of drug-likeness (QED) is 0.639. The number of carbonyl (C=O) groups excluding carboxylic acids is 1. The van der Waals surface area contributed by atoms with Crippen molar-refractivity contribution in [2.75, 3.05) is 5.32 Å². The largest absolute Gasteiger partial charge is 0.332 e. The molecule has 0 radical (unpaired) electrons. The number of anilines is 1. The molecule has 0 spiro atoms. The molecule has 0 aliphatic carbocycles. The average molecular weight is 360 g/mol. The Morgan fingerprint density at radius 1 is 0.846 bits per heavy atom. The number of rotatable bonds is 3. The van der Waals surface area contributed by atoms with Crippen LogP contribution in [0.5, 0.6) is 0 Å². The molecule has 0 heterocycles. The van der Waals surface area contributed by atoms with Crippen molar-refractivity contribution in [3.05, 3.63) is 89.5 Å². The van der Waals surface area contributed by atoms with E-state index in [2.05, 4.69) is 10.6 Å². The van der Waals surface area contributed by atoms with Crippen molar-refractivity contribution in [2.45, 2.75) is 13.8 Å². The Morgan fingerprint density at radius 2 is 1.50 bits per heavy atom. The number of benzene rings is 3. The third kappa shape index (κ3) is 4.35. The zero-order valence-corrected chi connectivity index (χ0v) is 15.6. The van der Waals surface area contributed by atoms with Gasteiger partial charge >= 0.3 is 0 Å². The van der Waals surface area contributed by atoms with Crippen molar-refractivity contribution in [1.29, 1.82) is 0 Å². The summed E-state index contributed by atoms with van der Waals surface area (Å²) in [5, 5.41) is 6.11. The Hall–Kier alpha value is -2.98. The number of aryl methyl sites for hydroxylation is 2. The lowest BCUT2D eigenvalue weighted by molar-refractivity contribution is 0.0978. The maximum Gasteiger partial charge on any atom is 0.257 e. The van der Waals surface area contributed by atoms with Crippen LogP contribution >= 0.6 is 12.2 Å². The first kappa shape index (κ1) is 17.8. The molecule has 0 bridgehead atoms. The standard InChI is InChI=1S/C22H20N2OS/c1-15-8-9-16(2)20(14-15)23-22(26)24-21(25)19-12-10-18(11-13-19)17-6-4-3-5-7-17/h3-14H,1-2H3,(H2,23,24,25,26). The Balaban J connectivity index is 1.66. The molecule has 0 fully saturated rings. The lowest BCUT2D eigenvalue weighted by atomic mass is 10.0. The van der Waals surface area contributed by atoms with Crippen molar-refractivity contribution >= 4 is 28.9 Å². The van der Waals surface area contributed by atoms with E-state index in [-0.39, 0.29) is 11.0 Å². The Kier molecular flexibility index (Phi) is 5.44. The molecular formula is C22H20N2OS. The molecule has 1 amide bonds. The van der Waals surface area contributed by atoms with Gasteiger partial charge < -0.3 is 5.32 Å². The summed E-state index contributed by atoms with van der Waals surface area (Å²) in [5.41, 5.74) is 5.84. The lowest BCUT2D eigenvalue weighted by Crippen LogP contribution is -2.34. The predicted molar refractivity (Wildman–Crippen MR) is 111 cm³/mol. The van der Waals surface area contributed by atoms with Crippen molar-refractivity contribution in [3.63, 3.8) is 0 Å². The van der Waals surface area contributed by atoms with Crippen LogP contribution in [-0.4, -0.2) is 11.0 Å². The second-order valence-electron chi connectivity index (χ2n) is 6.17. The summed E-state index contributed by atoms with van der Waals surface area (Å²) in [6.45, 7) is 4.01. The first-order valence-electron chi connectivity index (χ1n) is 8.38. The van der Waals surface area contributed by atoms with Crippen molar-refractivity contribution < 1.29 is 4.79 Å². The van der Waals surface area contributed by atoms with Gasteiger partial charge in [-0.2, -0.15) is 0 Å². The van der Waals surface area contributed by atoms with Gasteiger partial charge in [-0.05, 0) is 66.5 Å². The van der Waals surface area contributed by atoms with Gasteiger partial charge in [0, 0.05) is 11.3 Å². The molecule has 0 aliphatic heterocycles. The summed E-state index contributed by atoms with van der Waals surface area (Å²) in [6.07, 6.45) is 0. The minimum Gasteiger partial charge on any atom is -0.332 e. The van der Waals surface area contributed by atoms with E-state index in [1.54, 1.807) is 12.1 Å². The number of carbonyl (C=O) groups is 1. The van der Waals surface area contributed by atoms with Crippen LogP contribution in [-0.2, 0) is 0 Å². The van der Waals surface area contributed by atoms with Crippen LogP contribution < -0.4 is 10.6 Å². The van der Waals surface area contributed by atoms with Crippen LogP contribution in [0.25, 0.3) is 11.1 Å². The molecular weight excluding hydrogens is 340 g/mol. The molecule has 4 heteroatoms. The fourth-order valence-corrected chi connectivity index (χ4v) is 2.85. The summed E-state index contributed by atoms with van der Waals surface area (Å²) in [5.74, 6) is -0.229. The Labute approximate surface area is 159 Å². The van der Waals surface area contributed by atoms with E-state index in [0.717, 1.165) is 27.9 Å². The van der Waals surface area contributed by atoms with Crippen LogP contribution in [0.3, 0.4) is 0 Å². The maximum atomic E-state index is 12.4. The Bertz CT molecular complexity index is 934. The van der Waals surface area contributed by atoms with E-state index in [0.29, 0.717) is 5.56 Å². The highest BCUT2D eigenvalue weighted by atomic mass is 32.1. The summed E-state index contributed by atoms with van der Waals surface area (Å²) in [6, 6.07) is 23.6. The molecule has 3 aromatic rings. The van der Waals surface area contributed by atoms with Crippen LogP contribution in [0.4, 0.5) is 5.69 Å². The molecule has 2 N–H and O–H groups in total. The highest BCUT2D eigenvalue weighted by Gasteiger charge is 2.09. The molecule has 0 saturated heterocycles. The number of hydrogen-bond donors (Lipinski definition) is 2. The lowest BCUT2D eigenvalue weighted by Gasteiger charge is -2.12. The summed E-state index contributed by atoms with van der Waals surface area (Å²) >= 11 is 5.27. The first-order chi connectivity index (χ1) is 12.5. The molecule has 0 unspecified atom stereocenters. The molecule has 0 atom stereocenters. The van der Waals surface area contributed by atoms with Gasteiger partial charge in [-0.3, -0.25) is 10.1 Å². The second-order valence-corrected chi connectivity index (χ2v) is 6.58.